The molecule has 0 aromatic heterocycles. The van der Waals surface area contributed by atoms with Crippen LogP contribution in [0, 0.1) is 0 Å². The minimum absolute atomic E-state index is 0.105. The Labute approximate surface area is 191 Å². The van der Waals surface area contributed by atoms with Crippen molar-refractivity contribution in [1.82, 2.24) is 0 Å². The van der Waals surface area contributed by atoms with E-state index in [1.165, 1.54) is 4.90 Å². The van der Waals surface area contributed by atoms with E-state index in [4.69, 9.17) is 9.47 Å². The third-order valence-electron chi connectivity index (χ3n) is 5.20. The highest BCUT2D eigenvalue weighted by molar-refractivity contribution is 6.08. The molecule has 3 aromatic carbocycles. The molecule has 1 N–H and O–H groups in total. The summed E-state index contributed by atoms with van der Waals surface area (Å²) in [4.78, 5) is 39.7. The monoisotopic (exact) mass is 444 g/mol. The molecule has 0 saturated carbocycles. The van der Waals surface area contributed by atoms with Crippen molar-refractivity contribution in [2.75, 3.05) is 16.8 Å². The van der Waals surface area contributed by atoms with E-state index in [0.29, 0.717) is 22.7 Å². The van der Waals surface area contributed by atoms with Crippen LogP contribution in [0.4, 0.5) is 11.4 Å². The molecule has 168 valence electrons. The van der Waals surface area contributed by atoms with Gasteiger partial charge in [0.1, 0.15) is 18.9 Å². The Kier molecular flexibility index (Phi) is 6.13. The van der Waals surface area contributed by atoms with E-state index < -0.39 is 17.5 Å². The van der Waals surface area contributed by atoms with Gasteiger partial charge in [-0.25, -0.2) is 0 Å². The normalized spacial score (nSPS) is 14.1. The van der Waals surface area contributed by atoms with E-state index in [0.717, 1.165) is 5.56 Å². The third-order valence-corrected chi connectivity index (χ3v) is 5.20. The number of para-hydroxylation sites is 1. The highest BCUT2D eigenvalue weighted by Crippen LogP contribution is 2.38. The second-order valence-corrected chi connectivity index (χ2v) is 8.15. The van der Waals surface area contributed by atoms with Crippen molar-refractivity contribution in [3.63, 3.8) is 0 Å². The molecule has 33 heavy (non-hydrogen) atoms. The van der Waals surface area contributed by atoms with Crippen LogP contribution in [-0.4, -0.2) is 29.9 Å². The Morgan fingerprint density at radius 1 is 0.970 bits per heavy atom. The van der Waals surface area contributed by atoms with Gasteiger partial charge in [-0.3, -0.25) is 19.3 Å². The van der Waals surface area contributed by atoms with Gasteiger partial charge in [0, 0.05) is 11.3 Å². The summed E-state index contributed by atoms with van der Waals surface area (Å²) in [6, 6.07) is 23.1. The molecule has 0 bridgehead atoms. The van der Waals surface area contributed by atoms with Crippen LogP contribution in [0.3, 0.4) is 0 Å². The minimum Gasteiger partial charge on any atom is -0.476 e. The number of anilines is 2. The Morgan fingerprint density at radius 2 is 1.64 bits per heavy atom. The number of esters is 1. The molecule has 2 amide bonds. The number of carbonyl (C=O) groups is 3. The predicted molar refractivity (Wildman–Crippen MR) is 124 cm³/mol. The van der Waals surface area contributed by atoms with Crippen LogP contribution in [0.5, 0.6) is 5.75 Å². The quantitative estimate of drug-likeness (QED) is 0.577. The second kappa shape index (κ2) is 9.16. The average Bonchev–Trinajstić information content (AvgIpc) is 2.81. The Bertz CT molecular complexity index is 1180. The van der Waals surface area contributed by atoms with Crippen LogP contribution in [0.1, 0.15) is 29.8 Å². The molecule has 7 heteroatoms. The molecule has 3 aromatic rings. The van der Waals surface area contributed by atoms with E-state index in [-0.39, 0.29) is 19.1 Å². The number of ether oxygens (including phenoxy) is 2. The van der Waals surface area contributed by atoms with Gasteiger partial charge in [0.05, 0.1) is 5.69 Å². The molecule has 0 aliphatic carbocycles. The molecule has 0 spiro atoms. The van der Waals surface area contributed by atoms with Gasteiger partial charge in [0.2, 0.25) is 0 Å². The van der Waals surface area contributed by atoms with Crippen LogP contribution in [0.2, 0.25) is 0 Å². The summed E-state index contributed by atoms with van der Waals surface area (Å²) in [5.74, 6) is -0.887. The topological polar surface area (TPSA) is 84.9 Å². The lowest BCUT2D eigenvalue weighted by Crippen LogP contribution is -2.54. The zero-order chi connectivity index (χ0) is 23.4. The Morgan fingerprint density at radius 3 is 2.33 bits per heavy atom. The second-order valence-electron chi connectivity index (χ2n) is 8.15. The number of amides is 2. The summed E-state index contributed by atoms with van der Waals surface area (Å²) in [5.41, 5.74) is 1.00. The first-order chi connectivity index (χ1) is 15.8. The standard InChI is InChI=1S/C26H24N2O5/c1-26(2)25(31)28(16-23(29)32-17-18-9-5-3-6-10-18)21-15-19(13-14-22(21)33-26)24(30)27-20-11-7-4-8-12-20/h3-15H,16-17H2,1-2H3,(H,27,30). The lowest BCUT2D eigenvalue weighted by atomic mass is 10.0. The van der Waals surface area contributed by atoms with Gasteiger partial charge >= 0.3 is 5.97 Å². The Balaban J connectivity index is 1.55. The number of nitrogens with zero attached hydrogens (tertiary/aromatic N) is 1. The molecule has 0 saturated heterocycles. The van der Waals surface area contributed by atoms with E-state index in [2.05, 4.69) is 5.32 Å². The Hall–Kier alpha value is -4.13. The number of rotatable bonds is 6. The van der Waals surface area contributed by atoms with E-state index in [1.807, 2.05) is 48.5 Å². The first-order valence-corrected chi connectivity index (χ1v) is 10.5. The smallest absolute Gasteiger partial charge is 0.326 e. The molecule has 4 rings (SSSR count). The highest BCUT2D eigenvalue weighted by atomic mass is 16.5. The molecular formula is C26H24N2O5. The van der Waals surface area contributed by atoms with Crippen molar-refractivity contribution in [2.24, 2.45) is 0 Å². The highest BCUT2D eigenvalue weighted by Gasteiger charge is 2.42. The van der Waals surface area contributed by atoms with Crippen LogP contribution < -0.4 is 15.0 Å². The van der Waals surface area contributed by atoms with Crippen molar-refractivity contribution in [2.45, 2.75) is 26.1 Å². The van der Waals surface area contributed by atoms with Gasteiger partial charge in [0.15, 0.2) is 5.60 Å². The summed E-state index contributed by atoms with van der Waals surface area (Å²) < 4.78 is 11.2. The zero-order valence-corrected chi connectivity index (χ0v) is 18.4. The van der Waals surface area contributed by atoms with Crippen molar-refractivity contribution < 1.29 is 23.9 Å². The lowest BCUT2D eigenvalue weighted by Gasteiger charge is -2.38. The first kappa shape index (κ1) is 22.1. The zero-order valence-electron chi connectivity index (χ0n) is 18.4. The number of carbonyl (C=O) groups excluding carboxylic acids is 3. The summed E-state index contributed by atoms with van der Waals surface area (Å²) in [5, 5.41) is 2.81. The van der Waals surface area contributed by atoms with Crippen LogP contribution in [0.15, 0.2) is 78.9 Å². The maximum Gasteiger partial charge on any atom is 0.326 e. The number of hydrogen-bond acceptors (Lipinski definition) is 5. The molecule has 0 radical (unpaired) electrons. The fourth-order valence-electron chi connectivity index (χ4n) is 3.50. The SMILES string of the molecule is CC1(C)Oc2ccc(C(=O)Nc3ccccc3)cc2N(CC(=O)OCc2ccccc2)C1=O. The van der Waals surface area contributed by atoms with Gasteiger partial charge in [-0.2, -0.15) is 0 Å². The molecule has 7 nitrogen and oxygen atoms in total. The van der Waals surface area contributed by atoms with Gasteiger partial charge < -0.3 is 14.8 Å². The largest absolute Gasteiger partial charge is 0.476 e. The van der Waals surface area contributed by atoms with Gasteiger partial charge in [0.25, 0.3) is 11.8 Å². The van der Waals surface area contributed by atoms with Crippen molar-refractivity contribution in [1.29, 1.82) is 0 Å². The van der Waals surface area contributed by atoms with Crippen LogP contribution in [-0.2, 0) is 20.9 Å². The summed E-state index contributed by atoms with van der Waals surface area (Å²) in [6.45, 7) is 3.08. The number of fused-ring (bicyclic) bond motifs is 1. The van der Waals surface area contributed by atoms with Crippen LogP contribution in [0.25, 0.3) is 0 Å². The maximum absolute atomic E-state index is 13.1. The van der Waals surface area contributed by atoms with Gasteiger partial charge in [-0.05, 0) is 49.7 Å². The molecule has 0 fully saturated rings. The van der Waals surface area contributed by atoms with E-state index >= 15 is 0 Å². The fourth-order valence-corrected chi connectivity index (χ4v) is 3.50. The fraction of sp³-hybridized carbons (Fsp3) is 0.192. The summed E-state index contributed by atoms with van der Waals surface area (Å²) in [6.07, 6.45) is 0. The third kappa shape index (κ3) is 5.03. The van der Waals surface area contributed by atoms with Crippen molar-refractivity contribution in [3.05, 3.63) is 90.0 Å². The van der Waals surface area contributed by atoms with E-state index in [1.54, 1.807) is 44.2 Å². The number of benzene rings is 3. The average molecular weight is 444 g/mol. The molecule has 0 atom stereocenters. The molecule has 0 unspecified atom stereocenters. The maximum atomic E-state index is 13.1. The predicted octanol–water partition coefficient (Wildman–Crippen LogP) is 4.19. The van der Waals surface area contributed by atoms with Crippen molar-refractivity contribution >= 4 is 29.2 Å². The van der Waals surface area contributed by atoms with Crippen LogP contribution >= 0.6 is 0 Å². The number of nitrogens with one attached hydrogen (secondary N) is 1. The van der Waals surface area contributed by atoms with Crippen molar-refractivity contribution in [3.8, 4) is 5.75 Å². The lowest BCUT2D eigenvalue weighted by molar-refractivity contribution is -0.145. The van der Waals surface area contributed by atoms with E-state index in [9.17, 15) is 14.4 Å². The molecule has 1 heterocycles. The first-order valence-electron chi connectivity index (χ1n) is 10.5. The minimum atomic E-state index is -1.17. The summed E-state index contributed by atoms with van der Waals surface area (Å²) in [7, 11) is 0. The molecular weight excluding hydrogens is 420 g/mol. The summed E-state index contributed by atoms with van der Waals surface area (Å²) >= 11 is 0. The molecule has 1 aliphatic heterocycles. The molecule has 1 aliphatic rings. The van der Waals surface area contributed by atoms with Gasteiger partial charge in [-0.1, -0.05) is 48.5 Å². The van der Waals surface area contributed by atoms with Gasteiger partial charge in [-0.15, -0.1) is 0 Å². The number of hydrogen-bond donors (Lipinski definition) is 1.